The Kier molecular flexibility index (Phi) is 6.66. The summed E-state index contributed by atoms with van der Waals surface area (Å²) >= 11 is 0. The van der Waals surface area contributed by atoms with Crippen molar-refractivity contribution in [2.45, 2.75) is 37.2 Å². The van der Waals surface area contributed by atoms with E-state index in [0.717, 1.165) is 5.56 Å². The highest BCUT2D eigenvalue weighted by Crippen LogP contribution is 2.26. The van der Waals surface area contributed by atoms with Crippen LogP contribution in [0.25, 0.3) is 0 Å². The van der Waals surface area contributed by atoms with Gasteiger partial charge in [-0.05, 0) is 30.5 Å². The number of rotatable bonds is 7. The standard InChI is InChI=1S/C15H19F3O6S/c1-21-12-6-4-11(5-7-12)9-23-13-3-2-8-22-14(13)10-24-25(19,20)15(16,17)18/h4-7,13-14H,2-3,8-10H2,1H3/t13-,14+/m0/s1. The minimum absolute atomic E-state index is 0.209. The Morgan fingerprint density at radius 1 is 1.24 bits per heavy atom. The Bertz CT molecular complexity index is 644. The van der Waals surface area contributed by atoms with Gasteiger partial charge in [0.15, 0.2) is 0 Å². The highest BCUT2D eigenvalue weighted by molar-refractivity contribution is 7.87. The fraction of sp³-hybridized carbons (Fsp3) is 0.600. The van der Waals surface area contributed by atoms with E-state index in [4.69, 9.17) is 14.2 Å². The summed E-state index contributed by atoms with van der Waals surface area (Å²) in [4.78, 5) is 0. The summed E-state index contributed by atoms with van der Waals surface area (Å²) in [6.45, 7) is -0.224. The first-order valence-electron chi connectivity index (χ1n) is 7.55. The Balaban J connectivity index is 1.91. The molecule has 0 unspecified atom stereocenters. The smallest absolute Gasteiger partial charge is 0.497 e. The van der Waals surface area contributed by atoms with Crippen LogP contribution < -0.4 is 4.74 Å². The van der Waals surface area contributed by atoms with E-state index in [0.29, 0.717) is 25.2 Å². The van der Waals surface area contributed by atoms with Crippen molar-refractivity contribution in [1.82, 2.24) is 0 Å². The van der Waals surface area contributed by atoms with E-state index in [-0.39, 0.29) is 6.61 Å². The quantitative estimate of drug-likeness (QED) is 0.532. The molecule has 1 aromatic rings. The van der Waals surface area contributed by atoms with Gasteiger partial charge in [-0.15, -0.1) is 0 Å². The summed E-state index contributed by atoms with van der Waals surface area (Å²) in [7, 11) is -4.10. The van der Waals surface area contributed by atoms with Crippen molar-refractivity contribution in [1.29, 1.82) is 0 Å². The minimum atomic E-state index is -5.64. The third-order valence-electron chi connectivity index (χ3n) is 3.67. The Labute approximate surface area is 143 Å². The molecule has 0 aliphatic carbocycles. The SMILES string of the molecule is COc1ccc(CO[C@H]2CCCO[C@@H]2COS(=O)(=O)C(F)(F)F)cc1. The van der Waals surface area contributed by atoms with Gasteiger partial charge in [-0.3, -0.25) is 4.18 Å². The molecule has 0 saturated carbocycles. The third kappa shape index (κ3) is 5.56. The molecule has 0 bridgehead atoms. The van der Waals surface area contributed by atoms with Gasteiger partial charge in [-0.1, -0.05) is 12.1 Å². The Morgan fingerprint density at radius 2 is 1.92 bits per heavy atom. The number of ether oxygens (including phenoxy) is 3. The van der Waals surface area contributed by atoms with Gasteiger partial charge in [0.25, 0.3) is 0 Å². The number of halogens is 3. The van der Waals surface area contributed by atoms with Gasteiger partial charge >= 0.3 is 15.6 Å². The van der Waals surface area contributed by atoms with Crippen LogP contribution in [0.3, 0.4) is 0 Å². The van der Waals surface area contributed by atoms with Gasteiger partial charge in [-0.2, -0.15) is 21.6 Å². The molecule has 1 aliphatic heterocycles. The lowest BCUT2D eigenvalue weighted by molar-refractivity contribution is -0.125. The van der Waals surface area contributed by atoms with Crippen molar-refractivity contribution in [2.24, 2.45) is 0 Å². The maximum absolute atomic E-state index is 12.3. The lowest BCUT2D eigenvalue weighted by atomic mass is 10.1. The highest BCUT2D eigenvalue weighted by Gasteiger charge is 2.48. The number of methoxy groups -OCH3 is 1. The normalized spacial score (nSPS) is 21.9. The Morgan fingerprint density at radius 3 is 2.52 bits per heavy atom. The first-order chi connectivity index (χ1) is 11.7. The van der Waals surface area contributed by atoms with Crippen LogP contribution >= 0.6 is 0 Å². The first kappa shape index (κ1) is 20.0. The van der Waals surface area contributed by atoms with Gasteiger partial charge in [0.2, 0.25) is 0 Å². The second kappa shape index (κ2) is 8.35. The van der Waals surface area contributed by atoms with E-state index in [1.807, 2.05) is 0 Å². The van der Waals surface area contributed by atoms with Crippen LogP contribution in [0.4, 0.5) is 13.2 Å². The number of benzene rings is 1. The van der Waals surface area contributed by atoms with Crippen LogP contribution in [-0.2, 0) is 30.4 Å². The molecule has 0 N–H and O–H groups in total. The third-order valence-corrected chi connectivity index (χ3v) is 4.69. The molecule has 25 heavy (non-hydrogen) atoms. The second-order valence-corrected chi connectivity index (χ2v) is 7.04. The van der Waals surface area contributed by atoms with E-state index in [1.165, 1.54) is 0 Å². The second-order valence-electron chi connectivity index (χ2n) is 5.43. The molecule has 1 saturated heterocycles. The molecule has 1 aromatic carbocycles. The van der Waals surface area contributed by atoms with Gasteiger partial charge in [0.1, 0.15) is 11.9 Å². The molecule has 0 aromatic heterocycles. The molecule has 10 heteroatoms. The minimum Gasteiger partial charge on any atom is -0.497 e. The van der Waals surface area contributed by atoms with Gasteiger partial charge in [0.05, 0.1) is 26.4 Å². The van der Waals surface area contributed by atoms with E-state index in [1.54, 1.807) is 31.4 Å². The molecule has 2 rings (SSSR count). The fourth-order valence-electron chi connectivity index (χ4n) is 2.31. The zero-order valence-electron chi connectivity index (χ0n) is 13.5. The maximum atomic E-state index is 12.3. The topological polar surface area (TPSA) is 71.1 Å². The summed E-state index contributed by atoms with van der Waals surface area (Å²) in [5.74, 6) is 0.688. The van der Waals surface area contributed by atoms with Crippen molar-refractivity contribution in [3.8, 4) is 5.75 Å². The largest absolute Gasteiger partial charge is 0.523 e. The fourth-order valence-corrected chi connectivity index (χ4v) is 2.75. The predicted molar refractivity (Wildman–Crippen MR) is 81.5 cm³/mol. The van der Waals surface area contributed by atoms with Crippen LogP contribution in [0.15, 0.2) is 24.3 Å². The molecule has 0 spiro atoms. The molecule has 2 atom stereocenters. The molecule has 0 radical (unpaired) electrons. The van der Waals surface area contributed by atoms with E-state index < -0.39 is 34.4 Å². The summed E-state index contributed by atoms with van der Waals surface area (Å²) < 4.78 is 79.1. The van der Waals surface area contributed by atoms with Crippen molar-refractivity contribution < 1.29 is 40.0 Å². The van der Waals surface area contributed by atoms with Gasteiger partial charge in [0, 0.05) is 6.61 Å². The van der Waals surface area contributed by atoms with Crippen molar-refractivity contribution in [2.75, 3.05) is 20.3 Å². The molecule has 1 fully saturated rings. The lowest BCUT2D eigenvalue weighted by Crippen LogP contribution is -2.41. The molecule has 0 amide bonds. The summed E-state index contributed by atoms with van der Waals surface area (Å²) in [5.41, 5.74) is -4.62. The first-order valence-corrected chi connectivity index (χ1v) is 8.95. The van der Waals surface area contributed by atoms with Crippen molar-refractivity contribution in [3.63, 3.8) is 0 Å². The molecular formula is C15H19F3O6S. The van der Waals surface area contributed by atoms with Crippen LogP contribution in [-0.4, -0.2) is 46.5 Å². The average molecular weight is 384 g/mol. The zero-order chi connectivity index (χ0) is 18.5. The molecular weight excluding hydrogens is 365 g/mol. The van der Waals surface area contributed by atoms with Crippen LogP contribution in [0.1, 0.15) is 18.4 Å². The number of hydrogen-bond donors (Lipinski definition) is 0. The van der Waals surface area contributed by atoms with Crippen molar-refractivity contribution in [3.05, 3.63) is 29.8 Å². The molecule has 1 aliphatic rings. The van der Waals surface area contributed by atoms with Crippen LogP contribution in [0.2, 0.25) is 0 Å². The number of hydrogen-bond acceptors (Lipinski definition) is 6. The monoisotopic (exact) mass is 384 g/mol. The summed E-state index contributed by atoms with van der Waals surface area (Å²) in [6.07, 6.45) is -0.241. The molecule has 1 heterocycles. The van der Waals surface area contributed by atoms with E-state index in [9.17, 15) is 21.6 Å². The maximum Gasteiger partial charge on any atom is 0.523 e. The lowest BCUT2D eigenvalue weighted by Gasteiger charge is -2.31. The number of alkyl halides is 3. The van der Waals surface area contributed by atoms with E-state index in [2.05, 4.69) is 4.18 Å². The van der Waals surface area contributed by atoms with Crippen LogP contribution in [0, 0.1) is 0 Å². The van der Waals surface area contributed by atoms with Crippen molar-refractivity contribution >= 4 is 10.1 Å². The Hall–Kier alpha value is -1.36. The molecule has 142 valence electrons. The molecule has 6 nitrogen and oxygen atoms in total. The van der Waals surface area contributed by atoms with Crippen LogP contribution in [0.5, 0.6) is 5.75 Å². The predicted octanol–water partition coefficient (Wildman–Crippen LogP) is 2.63. The van der Waals surface area contributed by atoms with E-state index >= 15 is 0 Å². The summed E-state index contributed by atoms with van der Waals surface area (Å²) in [5, 5.41) is 0. The summed E-state index contributed by atoms with van der Waals surface area (Å²) in [6, 6.07) is 7.10. The zero-order valence-corrected chi connectivity index (χ0v) is 14.3. The highest BCUT2D eigenvalue weighted by atomic mass is 32.2. The van der Waals surface area contributed by atoms with Gasteiger partial charge in [-0.25, -0.2) is 0 Å². The average Bonchev–Trinajstić information content (AvgIpc) is 2.58. The van der Waals surface area contributed by atoms with Gasteiger partial charge < -0.3 is 14.2 Å².